The first-order valence-electron chi connectivity index (χ1n) is 23.4. The van der Waals surface area contributed by atoms with Crippen molar-refractivity contribution in [3.05, 3.63) is 132 Å². The largest absolute Gasteiger partial charge is 0.588 e. The smallest absolute Gasteiger partial charge is 0.459 e. The fourth-order valence-electron chi connectivity index (χ4n) is 7.34. The lowest BCUT2D eigenvalue weighted by Gasteiger charge is -2.43. The summed E-state index contributed by atoms with van der Waals surface area (Å²) < 4.78 is 61.9. The number of aliphatic hydroxyl groups is 1. The van der Waals surface area contributed by atoms with E-state index in [0.29, 0.717) is 6.42 Å². The van der Waals surface area contributed by atoms with Gasteiger partial charge in [0.15, 0.2) is 6.29 Å². The van der Waals surface area contributed by atoms with Crippen LogP contribution >= 0.6 is 7.82 Å². The first-order valence-corrected chi connectivity index (χ1v) is 24.9. The number of nitrogens with one attached hydrogen (secondary N) is 1. The number of ether oxygens (including phenoxy) is 5. The molecule has 1 saturated heterocycles. The molecule has 4 N–H and O–H groups in total. The second-order valence-electron chi connectivity index (χ2n) is 16.4. The van der Waals surface area contributed by atoms with Crippen LogP contribution in [0.4, 0.5) is 0 Å². The normalized spacial score (nSPS) is 18.9. The molecule has 15 heteroatoms. The van der Waals surface area contributed by atoms with E-state index in [1.54, 1.807) is 60.7 Å². The summed E-state index contributed by atoms with van der Waals surface area (Å²) in [7, 11) is -4.56. The zero-order chi connectivity index (χ0) is 46.7. The van der Waals surface area contributed by atoms with E-state index in [-0.39, 0.29) is 63.5 Å². The number of phosphoric ester groups is 1. The first-order chi connectivity index (χ1) is 32.2. The van der Waals surface area contributed by atoms with Crippen LogP contribution in [0.25, 0.3) is 0 Å². The Bertz CT molecular complexity index is 1920. The van der Waals surface area contributed by atoms with E-state index in [2.05, 4.69) is 12.2 Å². The predicted octanol–water partition coefficient (Wildman–Crippen LogP) is 9.58. The second kappa shape index (κ2) is 29.9. The number of nitrogens with two attached hydrogens (primary N) is 1. The summed E-state index contributed by atoms with van der Waals surface area (Å²) in [5.41, 5.74) is 8.30. The number of amides is 1. The van der Waals surface area contributed by atoms with Gasteiger partial charge in [-0.1, -0.05) is 168 Å². The molecule has 14 nitrogen and oxygen atoms in total. The maximum absolute atomic E-state index is 14.5. The van der Waals surface area contributed by atoms with Gasteiger partial charge in [0.1, 0.15) is 49.3 Å². The van der Waals surface area contributed by atoms with E-state index in [1.807, 2.05) is 60.7 Å². The Morgan fingerprint density at radius 2 is 1.23 bits per heavy atom. The molecule has 0 unspecified atom stereocenters. The average molecular weight is 933 g/mol. The van der Waals surface area contributed by atoms with E-state index < -0.39 is 50.5 Å². The molecule has 0 aromatic heterocycles. The number of para-hydroxylation sites is 2. The molecule has 0 bridgehead atoms. The van der Waals surface area contributed by atoms with Crippen LogP contribution in [0.15, 0.2) is 121 Å². The van der Waals surface area contributed by atoms with Gasteiger partial charge in [0.2, 0.25) is 5.91 Å². The van der Waals surface area contributed by atoms with Crippen LogP contribution in [0.3, 0.4) is 0 Å². The van der Waals surface area contributed by atoms with Crippen LogP contribution in [0.5, 0.6) is 11.5 Å². The molecule has 1 aliphatic heterocycles. The standard InChI is InChI=1S/C51H69N2O12P/c1-2-3-4-5-6-7-8-9-10-11-24-33-46(54)53-44(50(56)61-37-41-27-18-13-19-28-41)34-35-60-51-47(52)48(55)49(45(62-51)38-59-39-58-36-40-25-16-12-17-26-40)65-66(57,63-42-29-20-14-21-30-42)64-43-31-22-15-23-32-43/h12-23,25-32,44-45,47-49,51,55H,2-11,24,33-39,52H2,1H3,(H,53,54)/t44-,45+,47+,48+,49+,51+/m0/s1. The molecule has 0 aliphatic carbocycles. The van der Waals surface area contributed by atoms with E-state index in [1.165, 1.54) is 44.9 Å². The molecule has 1 fully saturated rings. The van der Waals surface area contributed by atoms with Gasteiger partial charge < -0.3 is 48.9 Å². The number of unbranched alkanes of at least 4 members (excludes halogenated alkanes) is 10. The van der Waals surface area contributed by atoms with Crippen molar-refractivity contribution in [1.29, 1.82) is 0 Å². The number of aliphatic hydroxyl groups excluding tert-OH is 1. The lowest BCUT2D eigenvalue weighted by Crippen LogP contribution is -2.63. The van der Waals surface area contributed by atoms with Crippen LogP contribution in [-0.2, 0) is 55.6 Å². The molecule has 0 saturated carbocycles. The van der Waals surface area contributed by atoms with Gasteiger partial charge in [-0.15, -0.1) is 0 Å². The highest BCUT2D eigenvalue weighted by Gasteiger charge is 2.50. The number of rotatable bonds is 32. The SMILES string of the molecule is CCCCCCCCCCCCCC(=O)N[C@@H](CCO[C@@H]1O[C@H](COCOCc2ccccc2)[C@@H](OP(=O)(Oc2ccccc2)Oc2ccccc2)[C@H](O)[C@H]1N)C(=O)OCc1ccccc1. The zero-order valence-electron chi connectivity index (χ0n) is 38.2. The molecule has 5 rings (SSSR count). The molecule has 4 aromatic rings. The summed E-state index contributed by atoms with van der Waals surface area (Å²) in [6.07, 6.45) is 7.65. The monoisotopic (exact) mass is 932 g/mol. The Morgan fingerprint density at radius 3 is 1.79 bits per heavy atom. The molecule has 4 aromatic carbocycles. The number of hydrogen-bond acceptors (Lipinski definition) is 13. The van der Waals surface area contributed by atoms with Gasteiger partial charge in [0.05, 0.1) is 25.9 Å². The van der Waals surface area contributed by atoms with Crippen LogP contribution in [-0.4, -0.2) is 73.7 Å². The first kappa shape index (κ1) is 52.3. The van der Waals surface area contributed by atoms with Crippen molar-refractivity contribution in [2.24, 2.45) is 5.73 Å². The minimum atomic E-state index is -4.56. The summed E-state index contributed by atoms with van der Waals surface area (Å²) >= 11 is 0. The van der Waals surface area contributed by atoms with E-state index in [0.717, 1.165) is 30.4 Å². The third-order valence-corrected chi connectivity index (χ3v) is 12.4. The molecule has 1 heterocycles. The Morgan fingerprint density at radius 1 is 0.712 bits per heavy atom. The molecule has 6 atom stereocenters. The molecule has 360 valence electrons. The van der Waals surface area contributed by atoms with E-state index in [4.69, 9.17) is 43.0 Å². The molecule has 66 heavy (non-hydrogen) atoms. The minimum absolute atomic E-state index is 0.0136. The Kier molecular flexibility index (Phi) is 23.7. The number of carbonyl (C=O) groups excluding carboxylic acids is 2. The lowest BCUT2D eigenvalue weighted by molar-refractivity contribution is -0.269. The van der Waals surface area contributed by atoms with Crippen molar-refractivity contribution in [1.82, 2.24) is 5.32 Å². The molecule has 0 radical (unpaired) electrons. The number of benzene rings is 4. The number of esters is 1. The zero-order valence-corrected chi connectivity index (χ0v) is 39.1. The van der Waals surface area contributed by atoms with E-state index >= 15 is 0 Å². The molecule has 0 spiro atoms. The molecule has 1 amide bonds. The second-order valence-corrected chi connectivity index (χ2v) is 17.9. The summed E-state index contributed by atoms with van der Waals surface area (Å²) in [6.45, 7) is 2.04. The van der Waals surface area contributed by atoms with Crippen molar-refractivity contribution in [2.45, 2.75) is 140 Å². The van der Waals surface area contributed by atoms with Gasteiger partial charge in [0.25, 0.3) is 0 Å². The molecular weight excluding hydrogens is 864 g/mol. The highest BCUT2D eigenvalue weighted by molar-refractivity contribution is 7.49. The topological polar surface area (TPSA) is 183 Å². The molecular formula is C51H69N2O12P. The van der Waals surface area contributed by atoms with Crippen LogP contribution in [0, 0.1) is 0 Å². The van der Waals surface area contributed by atoms with Gasteiger partial charge in [-0.3, -0.25) is 9.32 Å². The summed E-state index contributed by atoms with van der Waals surface area (Å²) in [5, 5.41) is 14.6. The number of phosphoric acid groups is 1. The van der Waals surface area contributed by atoms with Crippen LogP contribution in [0.1, 0.15) is 102 Å². The fraction of sp³-hybridized carbons (Fsp3) is 0.490. The van der Waals surface area contributed by atoms with Gasteiger partial charge in [-0.2, -0.15) is 0 Å². The van der Waals surface area contributed by atoms with Gasteiger partial charge in [-0.25, -0.2) is 9.36 Å². The van der Waals surface area contributed by atoms with Gasteiger partial charge in [0, 0.05) is 12.8 Å². The van der Waals surface area contributed by atoms with Gasteiger partial charge in [-0.05, 0) is 41.8 Å². The van der Waals surface area contributed by atoms with Gasteiger partial charge >= 0.3 is 13.8 Å². The molecule has 1 aliphatic rings. The quantitative estimate of drug-likeness (QED) is 0.0182. The summed E-state index contributed by atoms with van der Waals surface area (Å²) in [5.74, 6) is -0.497. The summed E-state index contributed by atoms with van der Waals surface area (Å²) in [4.78, 5) is 26.7. The highest BCUT2D eigenvalue weighted by atomic mass is 31.2. The third-order valence-electron chi connectivity index (χ3n) is 11.0. The summed E-state index contributed by atoms with van der Waals surface area (Å²) in [6, 6.07) is 33.2. The fourth-order valence-corrected chi connectivity index (χ4v) is 8.78. The highest BCUT2D eigenvalue weighted by Crippen LogP contribution is 2.52. The minimum Gasteiger partial charge on any atom is -0.459 e. The van der Waals surface area contributed by atoms with Crippen molar-refractivity contribution in [2.75, 3.05) is 20.0 Å². The van der Waals surface area contributed by atoms with Crippen LogP contribution in [0.2, 0.25) is 0 Å². The Labute approximate surface area is 390 Å². The van der Waals surface area contributed by atoms with Crippen molar-refractivity contribution < 1.29 is 56.5 Å². The average Bonchev–Trinajstić information content (AvgIpc) is 3.33. The van der Waals surface area contributed by atoms with E-state index in [9.17, 15) is 19.3 Å². The predicted molar refractivity (Wildman–Crippen MR) is 251 cm³/mol. The van der Waals surface area contributed by atoms with Crippen molar-refractivity contribution >= 4 is 19.7 Å². The number of hydrogen-bond donors (Lipinski definition) is 3. The third kappa shape index (κ3) is 19.3. The number of carbonyl (C=O) groups is 2. The van der Waals surface area contributed by atoms with Crippen molar-refractivity contribution in [3.8, 4) is 11.5 Å². The Balaban J connectivity index is 1.21. The lowest BCUT2D eigenvalue weighted by atomic mass is 9.98. The Hall–Kier alpha value is -4.63. The van der Waals surface area contributed by atoms with Crippen molar-refractivity contribution in [3.63, 3.8) is 0 Å². The maximum Gasteiger partial charge on any atom is 0.588 e. The maximum atomic E-state index is 14.5. The van der Waals surface area contributed by atoms with Crippen LogP contribution < -0.4 is 20.1 Å².